The number of pyridine rings is 1. The molecule has 4 aromatic rings. The van der Waals surface area contributed by atoms with Gasteiger partial charge in [0.25, 0.3) is 12.1 Å². The summed E-state index contributed by atoms with van der Waals surface area (Å²) in [4.78, 5) is 18.2. The smallest absolute Gasteiger partial charge is 0.287 e. The molecule has 0 aliphatic rings. The van der Waals surface area contributed by atoms with Crippen molar-refractivity contribution in [1.29, 1.82) is 0 Å². The first-order valence-electron chi connectivity index (χ1n) is 8.21. The molecular weight excluding hydrogens is 346 g/mol. The van der Waals surface area contributed by atoms with Crippen LogP contribution in [0.3, 0.4) is 0 Å². The quantitative estimate of drug-likeness (QED) is 0.528. The zero-order chi connectivity index (χ0) is 18.6. The van der Waals surface area contributed by atoms with Crippen LogP contribution in [-0.2, 0) is 6.42 Å². The van der Waals surface area contributed by atoms with Crippen LogP contribution in [0.25, 0.3) is 11.3 Å². The highest BCUT2D eigenvalue weighted by molar-refractivity contribution is 5.69. The Hall–Kier alpha value is -3.94. The molecule has 3 heterocycles. The van der Waals surface area contributed by atoms with Crippen LogP contribution in [0.4, 0.5) is 5.82 Å². The number of hydrogen-bond donors (Lipinski definition) is 2. The van der Waals surface area contributed by atoms with Gasteiger partial charge in [0.1, 0.15) is 11.6 Å². The standard InChI is InChI=1S/C19H16N5O3/c20-19-16(2-1-7-22-19)17-11-14(23-27-17)10-13-3-5-15(6-4-13)26-18-12-24(25)9-8-21-18/h1-9,11-12H,10H2,(H2,20,22)(H,21,25)/q+1. The number of nitrogens with one attached hydrogen (secondary N) is 1. The largest absolute Gasteiger partial charge is 0.436 e. The monoisotopic (exact) mass is 362 g/mol. The summed E-state index contributed by atoms with van der Waals surface area (Å²) in [6.07, 6.45) is 6.40. The highest BCUT2D eigenvalue weighted by Gasteiger charge is 2.11. The molecule has 8 nitrogen and oxygen atoms in total. The Bertz CT molecular complexity index is 1120. The molecule has 0 amide bonds. The molecule has 0 fully saturated rings. The first-order chi connectivity index (χ1) is 13.2. The predicted molar refractivity (Wildman–Crippen MR) is 97.6 cm³/mol. The van der Waals surface area contributed by atoms with Crippen LogP contribution >= 0.6 is 0 Å². The van der Waals surface area contributed by atoms with E-state index in [0.717, 1.165) is 16.8 Å². The van der Waals surface area contributed by atoms with E-state index in [2.05, 4.69) is 15.1 Å². The Kier molecular flexibility index (Phi) is 4.36. The Morgan fingerprint density at radius 1 is 1.22 bits per heavy atom. The fourth-order valence-electron chi connectivity index (χ4n) is 2.60. The van der Waals surface area contributed by atoms with Crippen LogP contribution in [0.15, 0.2) is 71.8 Å². The minimum atomic E-state index is 0.357. The Morgan fingerprint density at radius 3 is 2.85 bits per heavy atom. The van der Waals surface area contributed by atoms with Gasteiger partial charge < -0.3 is 20.0 Å². The summed E-state index contributed by atoms with van der Waals surface area (Å²) >= 11 is 0. The number of nitrogen functional groups attached to an aromatic ring is 1. The molecule has 0 atom stereocenters. The lowest BCUT2D eigenvalue weighted by molar-refractivity contribution is -0.495. The second-order valence-electron chi connectivity index (χ2n) is 5.85. The zero-order valence-corrected chi connectivity index (χ0v) is 14.2. The molecule has 3 N–H and O–H groups in total. The second kappa shape index (κ2) is 7.12. The third-order valence-corrected chi connectivity index (χ3v) is 3.89. The summed E-state index contributed by atoms with van der Waals surface area (Å²) in [6, 6.07) is 13.0. The summed E-state index contributed by atoms with van der Waals surface area (Å²) in [5.41, 5.74) is 8.41. The van der Waals surface area contributed by atoms with Crippen molar-refractivity contribution in [2.24, 2.45) is 0 Å². The van der Waals surface area contributed by atoms with Crippen molar-refractivity contribution in [2.45, 2.75) is 6.42 Å². The van der Waals surface area contributed by atoms with E-state index in [1.54, 1.807) is 12.3 Å². The van der Waals surface area contributed by atoms with Crippen LogP contribution in [0.1, 0.15) is 11.3 Å². The van der Waals surface area contributed by atoms with Gasteiger partial charge in [-0.05, 0) is 29.8 Å². The number of aromatic nitrogens is 4. The molecule has 1 aromatic carbocycles. The minimum Gasteiger partial charge on any atom is -0.436 e. The molecule has 0 radical (unpaired) electrons. The van der Waals surface area contributed by atoms with E-state index in [1.807, 2.05) is 36.4 Å². The summed E-state index contributed by atoms with van der Waals surface area (Å²) in [5.74, 6) is 1.96. The van der Waals surface area contributed by atoms with Gasteiger partial charge in [-0.1, -0.05) is 17.3 Å². The SMILES string of the molecule is Nc1ncccc1-c1cc(Cc2ccc(Oc3c[n+](=O)cc[nH]3)cc2)no1. The molecular formula is C19H16N5O3+. The Labute approximate surface area is 153 Å². The molecule has 27 heavy (non-hydrogen) atoms. The zero-order valence-electron chi connectivity index (χ0n) is 14.2. The average Bonchev–Trinajstić information content (AvgIpc) is 3.12. The van der Waals surface area contributed by atoms with Crippen molar-refractivity contribution in [3.63, 3.8) is 0 Å². The molecule has 0 spiro atoms. The van der Waals surface area contributed by atoms with Crippen LogP contribution in [0, 0.1) is 4.91 Å². The fourth-order valence-corrected chi connectivity index (χ4v) is 2.60. The predicted octanol–water partition coefficient (Wildman–Crippen LogP) is 2.94. The van der Waals surface area contributed by atoms with E-state index in [4.69, 9.17) is 15.0 Å². The molecule has 0 bridgehead atoms. The number of anilines is 1. The molecule has 8 heteroatoms. The molecule has 4 rings (SSSR count). The lowest BCUT2D eigenvalue weighted by Gasteiger charge is -2.04. The molecule has 0 aliphatic heterocycles. The van der Waals surface area contributed by atoms with E-state index >= 15 is 0 Å². The van der Waals surface area contributed by atoms with Crippen molar-refractivity contribution in [3.8, 4) is 23.0 Å². The van der Waals surface area contributed by atoms with Crippen molar-refractivity contribution < 1.29 is 13.7 Å². The highest BCUT2D eigenvalue weighted by atomic mass is 16.5. The maximum Gasteiger partial charge on any atom is 0.287 e. The van der Waals surface area contributed by atoms with E-state index in [1.165, 1.54) is 18.6 Å². The van der Waals surface area contributed by atoms with Gasteiger partial charge in [0.2, 0.25) is 6.20 Å². The van der Waals surface area contributed by atoms with E-state index in [-0.39, 0.29) is 0 Å². The van der Waals surface area contributed by atoms with E-state index < -0.39 is 0 Å². The number of rotatable bonds is 5. The second-order valence-corrected chi connectivity index (χ2v) is 5.85. The van der Waals surface area contributed by atoms with Gasteiger partial charge in [-0.25, -0.2) is 4.98 Å². The Morgan fingerprint density at radius 2 is 2.07 bits per heavy atom. The molecule has 0 saturated heterocycles. The summed E-state index contributed by atoms with van der Waals surface area (Å²) in [6.45, 7) is 0. The molecule has 134 valence electrons. The van der Waals surface area contributed by atoms with Gasteiger partial charge in [-0.15, -0.1) is 0 Å². The van der Waals surface area contributed by atoms with Crippen LogP contribution in [0.5, 0.6) is 11.6 Å². The third-order valence-electron chi connectivity index (χ3n) is 3.89. The van der Waals surface area contributed by atoms with Gasteiger partial charge in [-0.3, -0.25) is 0 Å². The topological polar surface area (TPSA) is 113 Å². The number of benzene rings is 1. The number of ether oxygens (including phenoxy) is 1. The lowest BCUT2D eigenvalue weighted by Crippen LogP contribution is -2.11. The van der Waals surface area contributed by atoms with Gasteiger partial charge in [0, 0.05) is 23.6 Å². The molecule has 0 aliphatic carbocycles. The van der Waals surface area contributed by atoms with Crippen LogP contribution in [-0.4, -0.2) is 15.1 Å². The van der Waals surface area contributed by atoms with E-state index in [9.17, 15) is 4.91 Å². The first-order valence-corrected chi connectivity index (χ1v) is 8.21. The Balaban J connectivity index is 1.46. The molecule has 0 unspecified atom stereocenters. The number of aromatic amines is 1. The number of nitrogens with zero attached hydrogens (tertiary/aromatic N) is 3. The minimum absolute atomic E-state index is 0.357. The summed E-state index contributed by atoms with van der Waals surface area (Å²) in [5, 5.41) is 4.10. The van der Waals surface area contributed by atoms with Gasteiger partial charge in [-0.2, -0.15) is 0 Å². The van der Waals surface area contributed by atoms with Gasteiger partial charge in [0.05, 0.1) is 21.9 Å². The van der Waals surface area contributed by atoms with Crippen LogP contribution in [0.2, 0.25) is 0 Å². The highest BCUT2D eigenvalue weighted by Crippen LogP contribution is 2.26. The fraction of sp³-hybridized carbons (Fsp3) is 0.0526. The van der Waals surface area contributed by atoms with Gasteiger partial charge >= 0.3 is 0 Å². The summed E-state index contributed by atoms with van der Waals surface area (Å²) < 4.78 is 11.7. The third kappa shape index (κ3) is 3.84. The lowest BCUT2D eigenvalue weighted by atomic mass is 10.1. The summed E-state index contributed by atoms with van der Waals surface area (Å²) in [7, 11) is 0. The number of nitrogens with two attached hydrogens (primary N) is 1. The normalized spacial score (nSPS) is 10.7. The van der Waals surface area contributed by atoms with Gasteiger partial charge in [0.15, 0.2) is 5.76 Å². The number of hydrogen-bond acceptors (Lipinski definition) is 6. The number of H-pyrrole nitrogens is 1. The van der Waals surface area contributed by atoms with Crippen molar-refractivity contribution in [1.82, 2.24) is 15.1 Å². The van der Waals surface area contributed by atoms with E-state index in [0.29, 0.717) is 34.1 Å². The van der Waals surface area contributed by atoms with Crippen LogP contribution < -0.4 is 14.9 Å². The van der Waals surface area contributed by atoms with Crippen molar-refractivity contribution in [3.05, 3.63) is 83.4 Å². The maximum atomic E-state index is 11.3. The average molecular weight is 362 g/mol. The van der Waals surface area contributed by atoms with Crippen molar-refractivity contribution >= 4 is 5.82 Å². The molecule has 3 aromatic heterocycles. The first kappa shape index (κ1) is 16.5. The molecule has 0 saturated carbocycles. The van der Waals surface area contributed by atoms with Crippen molar-refractivity contribution in [2.75, 3.05) is 5.73 Å². The maximum absolute atomic E-state index is 11.3.